The van der Waals surface area contributed by atoms with E-state index in [0.29, 0.717) is 16.9 Å². The molecule has 0 aliphatic rings. The van der Waals surface area contributed by atoms with Gasteiger partial charge in [0, 0.05) is 23.9 Å². The topological polar surface area (TPSA) is 92.8 Å². The molecule has 0 spiro atoms. The van der Waals surface area contributed by atoms with Crippen LogP contribution in [0.5, 0.6) is 0 Å². The SMILES string of the molecule is COC(=O)c1cccc(N(CC(=O)Nc2ccc(C(C)=O)cc2)C(C)=O)c1. The largest absolute Gasteiger partial charge is 0.465 e. The Hall–Kier alpha value is -3.48. The number of anilines is 2. The van der Waals surface area contributed by atoms with E-state index in [0.717, 1.165) is 0 Å². The molecule has 0 saturated heterocycles. The number of ketones is 1. The Balaban J connectivity index is 2.14. The third-order valence-electron chi connectivity index (χ3n) is 3.84. The fourth-order valence-electron chi connectivity index (χ4n) is 2.44. The summed E-state index contributed by atoms with van der Waals surface area (Å²) in [6.45, 7) is 2.56. The van der Waals surface area contributed by atoms with Crippen molar-refractivity contribution in [2.45, 2.75) is 13.8 Å². The zero-order valence-electron chi connectivity index (χ0n) is 15.3. The van der Waals surface area contributed by atoms with Gasteiger partial charge in [-0.15, -0.1) is 0 Å². The van der Waals surface area contributed by atoms with Crippen LogP contribution in [0.4, 0.5) is 11.4 Å². The summed E-state index contributed by atoms with van der Waals surface area (Å²) in [7, 11) is 1.27. The van der Waals surface area contributed by atoms with Gasteiger partial charge in [-0.3, -0.25) is 14.4 Å². The van der Waals surface area contributed by atoms with Gasteiger partial charge in [0.25, 0.3) is 0 Å². The summed E-state index contributed by atoms with van der Waals surface area (Å²) in [4.78, 5) is 48.5. The minimum atomic E-state index is -0.532. The maximum absolute atomic E-state index is 12.3. The molecule has 0 unspecified atom stereocenters. The fraction of sp³-hybridized carbons (Fsp3) is 0.200. The van der Waals surface area contributed by atoms with Crippen LogP contribution in [0, 0.1) is 0 Å². The normalized spacial score (nSPS) is 10.0. The molecule has 0 atom stereocenters. The molecule has 27 heavy (non-hydrogen) atoms. The Morgan fingerprint density at radius 3 is 2.19 bits per heavy atom. The first kappa shape index (κ1) is 19.8. The zero-order valence-corrected chi connectivity index (χ0v) is 15.3. The van der Waals surface area contributed by atoms with Crippen molar-refractivity contribution < 1.29 is 23.9 Å². The van der Waals surface area contributed by atoms with Gasteiger partial charge in [0.2, 0.25) is 11.8 Å². The number of ether oxygens (including phenoxy) is 1. The molecule has 0 bridgehead atoms. The number of nitrogens with zero attached hydrogens (tertiary/aromatic N) is 1. The molecule has 140 valence electrons. The predicted octanol–water partition coefficient (Wildman–Crippen LogP) is 2.67. The molecule has 2 aromatic rings. The van der Waals surface area contributed by atoms with E-state index in [-0.39, 0.29) is 23.8 Å². The zero-order chi connectivity index (χ0) is 20.0. The van der Waals surface area contributed by atoms with E-state index in [1.54, 1.807) is 42.5 Å². The van der Waals surface area contributed by atoms with Crippen LogP contribution in [0.2, 0.25) is 0 Å². The third-order valence-corrected chi connectivity index (χ3v) is 3.84. The number of amides is 2. The second-order valence-electron chi connectivity index (χ2n) is 5.83. The first-order valence-corrected chi connectivity index (χ1v) is 8.19. The standard InChI is InChI=1S/C20H20N2O5/c1-13(23)15-7-9-17(10-8-15)21-19(25)12-22(14(2)24)18-6-4-5-16(11-18)20(26)27-3/h4-11H,12H2,1-3H3,(H,21,25). The second kappa shape index (κ2) is 8.75. The lowest BCUT2D eigenvalue weighted by Crippen LogP contribution is -2.36. The summed E-state index contributed by atoms with van der Waals surface area (Å²) < 4.78 is 4.67. The highest BCUT2D eigenvalue weighted by Crippen LogP contribution is 2.18. The average Bonchev–Trinajstić information content (AvgIpc) is 2.65. The number of nitrogens with one attached hydrogen (secondary N) is 1. The van der Waals surface area contributed by atoms with Crippen molar-refractivity contribution in [1.82, 2.24) is 0 Å². The lowest BCUT2D eigenvalue weighted by molar-refractivity contribution is -0.120. The van der Waals surface area contributed by atoms with Crippen LogP contribution < -0.4 is 10.2 Å². The van der Waals surface area contributed by atoms with Gasteiger partial charge in [-0.25, -0.2) is 4.79 Å². The van der Waals surface area contributed by atoms with E-state index in [2.05, 4.69) is 10.1 Å². The van der Waals surface area contributed by atoms with E-state index in [4.69, 9.17) is 0 Å². The Kier molecular flexibility index (Phi) is 6.43. The monoisotopic (exact) mass is 368 g/mol. The van der Waals surface area contributed by atoms with Gasteiger partial charge in [0.1, 0.15) is 6.54 Å². The molecule has 1 N–H and O–H groups in total. The first-order chi connectivity index (χ1) is 12.8. The van der Waals surface area contributed by atoms with Crippen LogP contribution in [-0.2, 0) is 14.3 Å². The number of Topliss-reactive ketones (excluding diaryl/α,β-unsaturated/α-hetero) is 1. The van der Waals surface area contributed by atoms with Crippen molar-refractivity contribution in [3.05, 3.63) is 59.7 Å². The number of benzene rings is 2. The van der Waals surface area contributed by atoms with Gasteiger partial charge in [-0.1, -0.05) is 6.07 Å². The van der Waals surface area contributed by atoms with Gasteiger partial charge < -0.3 is 15.0 Å². The van der Waals surface area contributed by atoms with Crippen LogP contribution in [0.25, 0.3) is 0 Å². The molecular formula is C20H20N2O5. The van der Waals surface area contributed by atoms with Crippen molar-refractivity contribution in [2.75, 3.05) is 23.9 Å². The summed E-state index contributed by atoms with van der Waals surface area (Å²) in [6, 6.07) is 12.7. The van der Waals surface area contributed by atoms with Gasteiger partial charge in [-0.05, 0) is 49.4 Å². The smallest absolute Gasteiger partial charge is 0.337 e. The quantitative estimate of drug-likeness (QED) is 0.625. The van der Waals surface area contributed by atoms with Crippen LogP contribution in [0.15, 0.2) is 48.5 Å². The Morgan fingerprint density at radius 1 is 0.963 bits per heavy atom. The molecule has 2 rings (SSSR count). The van der Waals surface area contributed by atoms with Crippen molar-refractivity contribution in [3.63, 3.8) is 0 Å². The highest BCUT2D eigenvalue weighted by molar-refractivity contribution is 6.03. The summed E-state index contributed by atoms with van der Waals surface area (Å²) in [6.07, 6.45) is 0. The maximum Gasteiger partial charge on any atom is 0.337 e. The van der Waals surface area contributed by atoms with E-state index in [1.165, 1.54) is 31.9 Å². The van der Waals surface area contributed by atoms with Crippen molar-refractivity contribution in [3.8, 4) is 0 Å². The van der Waals surface area contributed by atoms with Crippen molar-refractivity contribution >= 4 is 34.9 Å². The van der Waals surface area contributed by atoms with Gasteiger partial charge in [0.15, 0.2) is 5.78 Å². The first-order valence-electron chi connectivity index (χ1n) is 8.19. The second-order valence-corrected chi connectivity index (χ2v) is 5.83. The summed E-state index contributed by atoms with van der Waals surface area (Å²) in [5.41, 5.74) is 1.74. The molecule has 0 heterocycles. The van der Waals surface area contributed by atoms with E-state index in [9.17, 15) is 19.2 Å². The molecule has 0 fully saturated rings. The van der Waals surface area contributed by atoms with Crippen LogP contribution in [0.3, 0.4) is 0 Å². The van der Waals surface area contributed by atoms with Crippen molar-refractivity contribution in [2.24, 2.45) is 0 Å². The third kappa shape index (κ3) is 5.24. The Morgan fingerprint density at radius 2 is 1.63 bits per heavy atom. The summed E-state index contributed by atoms with van der Waals surface area (Å²) in [5, 5.41) is 2.68. The van der Waals surface area contributed by atoms with Crippen molar-refractivity contribution in [1.29, 1.82) is 0 Å². The highest BCUT2D eigenvalue weighted by atomic mass is 16.5. The number of hydrogen-bond acceptors (Lipinski definition) is 5. The highest BCUT2D eigenvalue weighted by Gasteiger charge is 2.17. The van der Waals surface area contributed by atoms with Crippen LogP contribution >= 0.6 is 0 Å². The number of carbonyl (C=O) groups excluding carboxylic acids is 4. The number of esters is 1. The molecule has 2 amide bonds. The Bertz CT molecular complexity index is 874. The number of hydrogen-bond donors (Lipinski definition) is 1. The number of carbonyl (C=O) groups is 4. The van der Waals surface area contributed by atoms with E-state index >= 15 is 0 Å². The number of methoxy groups -OCH3 is 1. The molecule has 7 heteroatoms. The molecule has 0 aliphatic heterocycles. The minimum Gasteiger partial charge on any atom is -0.465 e. The average molecular weight is 368 g/mol. The molecule has 0 radical (unpaired) electrons. The molecule has 0 aliphatic carbocycles. The molecule has 0 saturated carbocycles. The number of rotatable bonds is 6. The lowest BCUT2D eigenvalue weighted by Gasteiger charge is -2.21. The molecular weight excluding hydrogens is 348 g/mol. The molecule has 0 aromatic heterocycles. The van der Waals surface area contributed by atoms with Gasteiger partial charge in [0.05, 0.1) is 12.7 Å². The molecule has 2 aromatic carbocycles. The van der Waals surface area contributed by atoms with Gasteiger partial charge >= 0.3 is 5.97 Å². The fourth-order valence-corrected chi connectivity index (χ4v) is 2.44. The van der Waals surface area contributed by atoms with Gasteiger partial charge in [-0.2, -0.15) is 0 Å². The van der Waals surface area contributed by atoms with E-state index in [1.807, 2.05) is 0 Å². The summed E-state index contributed by atoms with van der Waals surface area (Å²) in [5.74, 6) is -1.36. The maximum atomic E-state index is 12.3. The molecule has 7 nitrogen and oxygen atoms in total. The summed E-state index contributed by atoms with van der Waals surface area (Å²) >= 11 is 0. The minimum absolute atomic E-state index is 0.0684. The van der Waals surface area contributed by atoms with Crippen LogP contribution in [-0.4, -0.2) is 37.2 Å². The Labute approximate surface area is 156 Å². The predicted molar refractivity (Wildman–Crippen MR) is 101 cm³/mol. The van der Waals surface area contributed by atoms with E-state index < -0.39 is 11.9 Å². The lowest BCUT2D eigenvalue weighted by atomic mass is 10.1. The van der Waals surface area contributed by atoms with Crippen LogP contribution in [0.1, 0.15) is 34.6 Å².